The fraction of sp³-hybridized carbons (Fsp3) is 0.750. The van der Waals surface area contributed by atoms with Crippen molar-refractivity contribution < 1.29 is 9.47 Å². The molecule has 1 unspecified atom stereocenters. The van der Waals surface area contributed by atoms with Gasteiger partial charge in [0, 0.05) is 19.7 Å². The van der Waals surface area contributed by atoms with E-state index in [1.165, 1.54) is 0 Å². The molecule has 0 aliphatic carbocycles. The molecule has 1 fully saturated rings. The number of nitrogens with zero attached hydrogens (tertiary/aromatic N) is 3. The Kier molecular flexibility index (Phi) is 5.14. The van der Waals surface area contributed by atoms with Crippen molar-refractivity contribution in [1.29, 1.82) is 0 Å². The molecule has 0 saturated carbocycles. The van der Waals surface area contributed by atoms with Gasteiger partial charge in [-0.2, -0.15) is 15.0 Å². The van der Waals surface area contributed by atoms with Gasteiger partial charge >= 0.3 is 6.01 Å². The third kappa shape index (κ3) is 4.20. The van der Waals surface area contributed by atoms with Crippen LogP contribution in [0.3, 0.4) is 0 Å². The van der Waals surface area contributed by atoms with E-state index < -0.39 is 0 Å². The van der Waals surface area contributed by atoms with Gasteiger partial charge in [-0.3, -0.25) is 0 Å². The monoisotopic (exact) mass is 267 g/mol. The first-order valence-electron chi connectivity index (χ1n) is 6.71. The summed E-state index contributed by atoms with van der Waals surface area (Å²) >= 11 is 0. The standard InChI is InChI=1S/C12H21N5O2/c1-3-6-13-10-15-11(17-12(16-10)18-2)14-8-9-5-4-7-19-9/h9H,3-8H2,1-2H3,(H2,13,14,15,16,17). The second-order valence-electron chi connectivity index (χ2n) is 4.41. The van der Waals surface area contributed by atoms with Gasteiger partial charge in [-0.15, -0.1) is 0 Å². The van der Waals surface area contributed by atoms with Crippen LogP contribution in [-0.2, 0) is 4.74 Å². The normalized spacial score (nSPS) is 18.3. The number of anilines is 2. The number of nitrogens with one attached hydrogen (secondary N) is 2. The lowest BCUT2D eigenvalue weighted by Crippen LogP contribution is -2.20. The second-order valence-corrected chi connectivity index (χ2v) is 4.41. The molecular weight excluding hydrogens is 246 g/mol. The van der Waals surface area contributed by atoms with Crippen molar-refractivity contribution in [3.05, 3.63) is 0 Å². The van der Waals surface area contributed by atoms with E-state index >= 15 is 0 Å². The van der Waals surface area contributed by atoms with Crippen LogP contribution in [0.2, 0.25) is 0 Å². The molecule has 1 aromatic rings. The van der Waals surface area contributed by atoms with Gasteiger partial charge in [0.05, 0.1) is 13.2 Å². The summed E-state index contributed by atoms with van der Waals surface area (Å²) < 4.78 is 10.6. The Bertz CT molecular complexity index is 396. The lowest BCUT2D eigenvalue weighted by Gasteiger charge is -2.12. The van der Waals surface area contributed by atoms with Crippen LogP contribution in [0, 0.1) is 0 Å². The van der Waals surface area contributed by atoms with Crippen molar-refractivity contribution in [1.82, 2.24) is 15.0 Å². The molecule has 7 heteroatoms. The number of ether oxygens (including phenoxy) is 2. The number of rotatable bonds is 7. The smallest absolute Gasteiger partial charge is 0.322 e. The van der Waals surface area contributed by atoms with E-state index in [4.69, 9.17) is 9.47 Å². The summed E-state index contributed by atoms with van der Waals surface area (Å²) in [5, 5.41) is 6.29. The van der Waals surface area contributed by atoms with Gasteiger partial charge in [0.1, 0.15) is 0 Å². The minimum absolute atomic E-state index is 0.245. The number of hydrogen-bond acceptors (Lipinski definition) is 7. The SMILES string of the molecule is CCCNc1nc(NCC2CCCO2)nc(OC)n1. The van der Waals surface area contributed by atoms with E-state index in [9.17, 15) is 0 Å². The lowest BCUT2D eigenvalue weighted by atomic mass is 10.2. The molecule has 106 valence electrons. The Labute approximate surface area is 113 Å². The highest BCUT2D eigenvalue weighted by Crippen LogP contribution is 2.14. The van der Waals surface area contributed by atoms with Crippen molar-refractivity contribution >= 4 is 11.9 Å². The Morgan fingerprint density at radius 2 is 2.05 bits per heavy atom. The summed E-state index contributed by atoms with van der Waals surface area (Å²) in [4.78, 5) is 12.6. The van der Waals surface area contributed by atoms with E-state index in [0.29, 0.717) is 24.5 Å². The number of aromatic nitrogens is 3. The molecular formula is C12H21N5O2. The maximum Gasteiger partial charge on any atom is 0.322 e. The summed E-state index contributed by atoms with van der Waals surface area (Å²) in [6, 6.07) is 0.309. The molecule has 0 spiro atoms. The average Bonchev–Trinajstić information content (AvgIpc) is 2.96. The van der Waals surface area contributed by atoms with Crippen LogP contribution in [0.5, 0.6) is 6.01 Å². The summed E-state index contributed by atoms with van der Waals surface area (Å²) in [5.41, 5.74) is 0. The molecule has 1 aliphatic heterocycles. The maximum absolute atomic E-state index is 5.55. The summed E-state index contributed by atoms with van der Waals surface area (Å²) in [6.45, 7) is 4.46. The predicted molar refractivity (Wildman–Crippen MR) is 72.6 cm³/mol. The summed E-state index contributed by atoms with van der Waals surface area (Å²) in [5.74, 6) is 1.05. The highest BCUT2D eigenvalue weighted by Gasteiger charge is 2.16. The molecule has 0 amide bonds. The molecule has 1 atom stereocenters. The molecule has 19 heavy (non-hydrogen) atoms. The average molecular weight is 267 g/mol. The van der Waals surface area contributed by atoms with Gasteiger partial charge < -0.3 is 20.1 Å². The zero-order valence-electron chi connectivity index (χ0n) is 11.5. The van der Waals surface area contributed by atoms with Crippen molar-refractivity contribution in [3.8, 4) is 6.01 Å². The van der Waals surface area contributed by atoms with Crippen LogP contribution >= 0.6 is 0 Å². The minimum Gasteiger partial charge on any atom is -0.467 e. The first-order valence-corrected chi connectivity index (χ1v) is 6.71. The molecule has 2 heterocycles. The predicted octanol–water partition coefficient (Wildman–Crippen LogP) is 1.29. The Balaban J connectivity index is 1.96. The van der Waals surface area contributed by atoms with Crippen LogP contribution < -0.4 is 15.4 Å². The van der Waals surface area contributed by atoms with Crippen molar-refractivity contribution in [2.24, 2.45) is 0 Å². The molecule has 0 aromatic carbocycles. The fourth-order valence-electron chi connectivity index (χ4n) is 1.85. The Morgan fingerprint density at radius 3 is 2.68 bits per heavy atom. The van der Waals surface area contributed by atoms with Gasteiger partial charge in [-0.1, -0.05) is 6.92 Å². The van der Waals surface area contributed by atoms with Gasteiger partial charge in [0.25, 0.3) is 0 Å². The quantitative estimate of drug-likeness (QED) is 0.770. The first kappa shape index (κ1) is 13.8. The first-order chi connectivity index (χ1) is 9.31. The summed E-state index contributed by atoms with van der Waals surface area (Å²) in [7, 11) is 1.54. The zero-order chi connectivity index (χ0) is 13.5. The van der Waals surface area contributed by atoms with Gasteiger partial charge in [0.15, 0.2) is 0 Å². The summed E-state index contributed by atoms with van der Waals surface area (Å²) in [6.07, 6.45) is 3.45. The topological polar surface area (TPSA) is 81.2 Å². The van der Waals surface area contributed by atoms with E-state index in [1.807, 2.05) is 0 Å². The van der Waals surface area contributed by atoms with Gasteiger partial charge in [-0.25, -0.2) is 0 Å². The highest BCUT2D eigenvalue weighted by molar-refractivity contribution is 5.35. The minimum atomic E-state index is 0.245. The van der Waals surface area contributed by atoms with Gasteiger partial charge in [-0.05, 0) is 19.3 Å². The number of methoxy groups -OCH3 is 1. The molecule has 0 bridgehead atoms. The van der Waals surface area contributed by atoms with Crippen molar-refractivity contribution in [2.75, 3.05) is 37.4 Å². The lowest BCUT2D eigenvalue weighted by molar-refractivity contribution is 0.120. The maximum atomic E-state index is 5.55. The molecule has 1 saturated heterocycles. The van der Waals surface area contributed by atoms with Crippen molar-refractivity contribution in [3.63, 3.8) is 0 Å². The molecule has 1 aromatic heterocycles. The molecule has 1 aliphatic rings. The van der Waals surface area contributed by atoms with E-state index in [-0.39, 0.29) is 6.10 Å². The van der Waals surface area contributed by atoms with Crippen LogP contribution in [0.1, 0.15) is 26.2 Å². The Hall–Kier alpha value is -1.63. The van der Waals surface area contributed by atoms with Gasteiger partial charge in [0.2, 0.25) is 11.9 Å². The molecule has 7 nitrogen and oxygen atoms in total. The van der Waals surface area contributed by atoms with Crippen LogP contribution in [-0.4, -0.2) is 47.9 Å². The van der Waals surface area contributed by atoms with E-state index in [2.05, 4.69) is 32.5 Å². The Morgan fingerprint density at radius 1 is 1.26 bits per heavy atom. The number of hydrogen-bond donors (Lipinski definition) is 2. The molecule has 2 rings (SSSR count). The van der Waals surface area contributed by atoms with Crippen molar-refractivity contribution in [2.45, 2.75) is 32.3 Å². The third-order valence-corrected chi connectivity index (χ3v) is 2.84. The largest absolute Gasteiger partial charge is 0.467 e. The zero-order valence-corrected chi connectivity index (χ0v) is 11.5. The van der Waals surface area contributed by atoms with Crippen LogP contribution in [0.4, 0.5) is 11.9 Å². The van der Waals surface area contributed by atoms with Crippen LogP contribution in [0.25, 0.3) is 0 Å². The molecule has 2 N–H and O–H groups in total. The van der Waals surface area contributed by atoms with Crippen LogP contribution in [0.15, 0.2) is 0 Å². The fourth-order valence-corrected chi connectivity index (χ4v) is 1.85. The highest BCUT2D eigenvalue weighted by atomic mass is 16.5. The van der Waals surface area contributed by atoms with E-state index in [0.717, 1.165) is 32.4 Å². The second kappa shape index (κ2) is 7.08. The third-order valence-electron chi connectivity index (χ3n) is 2.84. The molecule has 0 radical (unpaired) electrons. The van der Waals surface area contributed by atoms with E-state index in [1.54, 1.807) is 7.11 Å².